The second-order valence-electron chi connectivity index (χ2n) is 5.03. The third-order valence-electron chi connectivity index (χ3n) is 3.43. The predicted octanol–water partition coefficient (Wildman–Crippen LogP) is 3.87. The maximum atomic E-state index is 9.75. The fourth-order valence-corrected chi connectivity index (χ4v) is 2.33. The van der Waals surface area contributed by atoms with E-state index in [-0.39, 0.29) is 0 Å². The number of benzene rings is 2. The van der Waals surface area contributed by atoms with Gasteiger partial charge in [-0.3, -0.25) is 4.98 Å². The highest BCUT2D eigenvalue weighted by Crippen LogP contribution is 2.25. The van der Waals surface area contributed by atoms with Crippen molar-refractivity contribution in [2.75, 3.05) is 0 Å². The summed E-state index contributed by atoms with van der Waals surface area (Å²) in [4.78, 5) is 4.30. The van der Waals surface area contributed by atoms with Crippen LogP contribution in [-0.2, 0) is 6.61 Å². The first-order valence-corrected chi connectivity index (χ1v) is 6.97. The number of hydrogen-bond donors (Lipinski definition) is 1. The lowest BCUT2D eigenvalue weighted by Crippen LogP contribution is -2.00. The van der Waals surface area contributed by atoms with Gasteiger partial charge in [0.05, 0.1) is 11.6 Å². The molecule has 0 fully saturated rings. The third kappa shape index (κ3) is 3.03. The van der Waals surface area contributed by atoms with Crippen LogP contribution in [0.4, 0.5) is 0 Å². The monoisotopic (exact) mass is 279 g/mol. The zero-order valence-corrected chi connectivity index (χ0v) is 11.9. The van der Waals surface area contributed by atoms with E-state index in [4.69, 9.17) is 4.74 Å². The largest absolute Gasteiger partial charge is 0.489 e. The summed E-state index contributed by atoms with van der Waals surface area (Å²) in [6, 6.07) is 17.6. The molecule has 106 valence electrons. The molecule has 0 unspecified atom stereocenters. The maximum absolute atomic E-state index is 9.75. The summed E-state index contributed by atoms with van der Waals surface area (Å²) in [6.45, 7) is 2.21. The van der Waals surface area contributed by atoms with Gasteiger partial charge in [0.1, 0.15) is 12.4 Å². The van der Waals surface area contributed by atoms with Gasteiger partial charge in [0.15, 0.2) is 0 Å². The van der Waals surface area contributed by atoms with Crippen molar-refractivity contribution in [1.29, 1.82) is 0 Å². The molecule has 0 amide bonds. The first-order chi connectivity index (χ1) is 10.2. The number of aromatic nitrogens is 1. The van der Waals surface area contributed by atoms with Gasteiger partial charge in [-0.25, -0.2) is 0 Å². The molecule has 21 heavy (non-hydrogen) atoms. The Hall–Kier alpha value is -2.39. The van der Waals surface area contributed by atoms with Crippen molar-refractivity contribution >= 4 is 10.9 Å². The average molecular weight is 279 g/mol. The van der Waals surface area contributed by atoms with E-state index in [9.17, 15) is 5.11 Å². The molecule has 1 atom stereocenters. The highest BCUT2D eigenvalue weighted by atomic mass is 16.5. The van der Waals surface area contributed by atoms with Crippen molar-refractivity contribution in [3.8, 4) is 5.75 Å². The van der Waals surface area contributed by atoms with Gasteiger partial charge in [-0.05, 0) is 36.8 Å². The molecule has 3 heteroatoms. The number of hydrogen-bond acceptors (Lipinski definition) is 3. The van der Waals surface area contributed by atoms with E-state index < -0.39 is 6.10 Å². The van der Waals surface area contributed by atoms with Crippen molar-refractivity contribution in [3.05, 3.63) is 71.9 Å². The summed E-state index contributed by atoms with van der Waals surface area (Å²) in [6.07, 6.45) is 1.25. The van der Waals surface area contributed by atoms with E-state index >= 15 is 0 Å². The fourth-order valence-electron chi connectivity index (χ4n) is 2.33. The molecule has 2 aromatic carbocycles. The lowest BCUT2D eigenvalue weighted by Gasteiger charge is -2.13. The minimum atomic E-state index is -0.540. The summed E-state index contributed by atoms with van der Waals surface area (Å²) in [7, 11) is 0. The second kappa shape index (κ2) is 5.94. The van der Waals surface area contributed by atoms with Crippen LogP contribution in [0.2, 0.25) is 0 Å². The predicted molar refractivity (Wildman–Crippen MR) is 83.2 cm³/mol. The highest BCUT2D eigenvalue weighted by molar-refractivity contribution is 5.78. The Balaban J connectivity index is 1.80. The topological polar surface area (TPSA) is 42.4 Å². The van der Waals surface area contributed by atoms with Gasteiger partial charge in [-0.1, -0.05) is 30.3 Å². The molecule has 0 aliphatic heterocycles. The Morgan fingerprint density at radius 3 is 2.81 bits per heavy atom. The van der Waals surface area contributed by atoms with E-state index in [1.165, 1.54) is 0 Å². The first kappa shape index (κ1) is 13.6. The standard InChI is InChI=1S/C18H17NO2/c1-13(20)16-6-2-3-7-18(16)21-12-14-8-9-17-15(11-14)5-4-10-19-17/h2-11,13,20H,12H2,1H3/t13-/m0/s1. The molecule has 3 nitrogen and oxygen atoms in total. The molecule has 1 heterocycles. The normalized spacial score (nSPS) is 12.3. The Bertz CT molecular complexity index is 753. The van der Waals surface area contributed by atoms with Gasteiger partial charge in [0.25, 0.3) is 0 Å². The van der Waals surface area contributed by atoms with Crippen LogP contribution in [0.3, 0.4) is 0 Å². The van der Waals surface area contributed by atoms with Crippen molar-refractivity contribution in [1.82, 2.24) is 4.98 Å². The summed E-state index contributed by atoms with van der Waals surface area (Å²) >= 11 is 0. The summed E-state index contributed by atoms with van der Waals surface area (Å²) in [5.41, 5.74) is 2.86. The van der Waals surface area contributed by atoms with Gasteiger partial charge in [-0.15, -0.1) is 0 Å². The molecular weight excluding hydrogens is 262 g/mol. The lowest BCUT2D eigenvalue weighted by molar-refractivity contribution is 0.190. The number of fused-ring (bicyclic) bond motifs is 1. The van der Waals surface area contributed by atoms with E-state index in [0.29, 0.717) is 6.61 Å². The quantitative estimate of drug-likeness (QED) is 0.788. The summed E-state index contributed by atoms with van der Waals surface area (Å²) in [5.74, 6) is 0.721. The molecule has 0 saturated heterocycles. The fraction of sp³-hybridized carbons (Fsp3) is 0.167. The number of aliphatic hydroxyl groups is 1. The molecule has 0 spiro atoms. The molecule has 1 N–H and O–H groups in total. The number of rotatable bonds is 4. The molecular formula is C18H17NO2. The SMILES string of the molecule is C[C@H](O)c1ccccc1OCc1ccc2ncccc2c1. The van der Waals surface area contributed by atoms with Crippen molar-refractivity contribution < 1.29 is 9.84 Å². The van der Waals surface area contributed by atoms with Gasteiger partial charge < -0.3 is 9.84 Å². The van der Waals surface area contributed by atoms with Crippen molar-refractivity contribution in [2.45, 2.75) is 19.6 Å². The number of ether oxygens (including phenoxy) is 1. The van der Waals surface area contributed by atoms with Crippen LogP contribution < -0.4 is 4.74 Å². The van der Waals surface area contributed by atoms with Gasteiger partial charge in [0.2, 0.25) is 0 Å². The highest BCUT2D eigenvalue weighted by Gasteiger charge is 2.08. The number of nitrogens with zero attached hydrogens (tertiary/aromatic N) is 1. The summed E-state index contributed by atoms with van der Waals surface area (Å²) in [5, 5.41) is 10.9. The Labute approximate surface area is 123 Å². The second-order valence-corrected chi connectivity index (χ2v) is 5.03. The molecule has 3 rings (SSSR count). The number of para-hydroxylation sites is 1. The molecule has 0 radical (unpaired) electrons. The van der Waals surface area contributed by atoms with Crippen molar-refractivity contribution in [2.24, 2.45) is 0 Å². The lowest BCUT2D eigenvalue weighted by atomic mass is 10.1. The number of aliphatic hydroxyl groups excluding tert-OH is 1. The van der Waals surface area contributed by atoms with Crippen LogP contribution >= 0.6 is 0 Å². The molecule has 0 aliphatic rings. The Morgan fingerprint density at radius 1 is 1.10 bits per heavy atom. The van der Waals surface area contributed by atoms with E-state index in [1.807, 2.05) is 48.5 Å². The van der Waals surface area contributed by atoms with Crippen LogP contribution in [0.25, 0.3) is 10.9 Å². The minimum Gasteiger partial charge on any atom is -0.489 e. The zero-order valence-electron chi connectivity index (χ0n) is 11.9. The molecule has 0 bridgehead atoms. The van der Waals surface area contributed by atoms with Crippen LogP contribution in [0, 0.1) is 0 Å². The van der Waals surface area contributed by atoms with Gasteiger partial charge >= 0.3 is 0 Å². The molecule has 1 aromatic heterocycles. The third-order valence-corrected chi connectivity index (χ3v) is 3.43. The summed E-state index contributed by atoms with van der Waals surface area (Å²) < 4.78 is 5.85. The van der Waals surface area contributed by atoms with Crippen LogP contribution in [-0.4, -0.2) is 10.1 Å². The number of pyridine rings is 1. The van der Waals surface area contributed by atoms with Gasteiger partial charge in [0, 0.05) is 17.1 Å². The average Bonchev–Trinajstić information content (AvgIpc) is 2.53. The van der Waals surface area contributed by atoms with Gasteiger partial charge in [-0.2, -0.15) is 0 Å². The van der Waals surface area contributed by atoms with Crippen LogP contribution in [0.5, 0.6) is 5.75 Å². The zero-order chi connectivity index (χ0) is 14.7. The van der Waals surface area contributed by atoms with Crippen molar-refractivity contribution in [3.63, 3.8) is 0 Å². The first-order valence-electron chi connectivity index (χ1n) is 6.97. The van der Waals surface area contributed by atoms with Crippen LogP contribution in [0.15, 0.2) is 60.8 Å². The maximum Gasteiger partial charge on any atom is 0.125 e. The smallest absolute Gasteiger partial charge is 0.125 e. The minimum absolute atomic E-state index is 0.467. The molecule has 0 aliphatic carbocycles. The Kier molecular flexibility index (Phi) is 3.84. The van der Waals surface area contributed by atoms with Crippen LogP contribution in [0.1, 0.15) is 24.2 Å². The molecule has 3 aromatic rings. The van der Waals surface area contributed by atoms with E-state index in [0.717, 1.165) is 27.8 Å². The Morgan fingerprint density at radius 2 is 1.95 bits per heavy atom. The van der Waals surface area contributed by atoms with E-state index in [1.54, 1.807) is 13.1 Å². The molecule has 0 saturated carbocycles. The van der Waals surface area contributed by atoms with E-state index in [2.05, 4.69) is 11.1 Å².